The maximum Gasteiger partial charge on any atom is 0.128 e. The molecule has 0 amide bonds. The van der Waals surface area contributed by atoms with Gasteiger partial charge in [-0.2, -0.15) is 0 Å². The number of nitrogens with one attached hydrogen (secondary N) is 1. The van der Waals surface area contributed by atoms with E-state index in [2.05, 4.69) is 57.0 Å². The van der Waals surface area contributed by atoms with Gasteiger partial charge in [0, 0.05) is 42.5 Å². The molecule has 1 heterocycles. The number of hydrogen-bond donors (Lipinski definition) is 2. The van der Waals surface area contributed by atoms with E-state index in [4.69, 9.17) is 5.73 Å². The van der Waals surface area contributed by atoms with E-state index in [0.29, 0.717) is 6.04 Å². The molecule has 3 N–H and O–H groups in total. The van der Waals surface area contributed by atoms with Crippen molar-refractivity contribution in [3.05, 3.63) is 21.9 Å². The fourth-order valence-electron chi connectivity index (χ4n) is 2.91. The molecule has 20 heavy (non-hydrogen) atoms. The summed E-state index contributed by atoms with van der Waals surface area (Å²) in [5, 5.41) is 3.53. The third-order valence-corrected chi connectivity index (χ3v) is 4.70. The largest absolute Gasteiger partial charge is 0.359 e. The molecule has 1 aliphatic rings. The van der Waals surface area contributed by atoms with Gasteiger partial charge in [-0.3, -0.25) is 0 Å². The smallest absolute Gasteiger partial charge is 0.128 e. The van der Waals surface area contributed by atoms with Gasteiger partial charge >= 0.3 is 0 Å². The van der Waals surface area contributed by atoms with Gasteiger partial charge in [-0.25, -0.2) is 4.98 Å². The summed E-state index contributed by atoms with van der Waals surface area (Å²) in [5.41, 5.74) is 5.54. The van der Waals surface area contributed by atoms with Crippen molar-refractivity contribution < 1.29 is 0 Å². The minimum absolute atomic E-state index is 0.677. The lowest BCUT2D eigenvalue weighted by Gasteiger charge is -2.32. The van der Waals surface area contributed by atoms with Gasteiger partial charge in [0.15, 0.2) is 0 Å². The second kappa shape index (κ2) is 8.14. The Morgan fingerprint density at radius 1 is 1.35 bits per heavy atom. The maximum absolute atomic E-state index is 5.54. The number of hydrogen-bond acceptors (Lipinski definition) is 4. The molecular formula is C15H25IN4. The van der Waals surface area contributed by atoms with Crippen molar-refractivity contribution in [2.75, 3.05) is 31.6 Å². The van der Waals surface area contributed by atoms with Crippen molar-refractivity contribution in [1.29, 1.82) is 0 Å². The molecule has 0 aromatic carbocycles. The first-order valence-electron chi connectivity index (χ1n) is 7.45. The average molecular weight is 388 g/mol. The summed E-state index contributed by atoms with van der Waals surface area (Å²) < 4.78 is 1.19. The van der Waals surface area contributed by atoms with Crippen LogP contribution in [0.3, 0.4) is 0 Å². The summed E-state index contributed by atoms with van der Waals surface area (Å²) in [4.78, 5) is 6.78. The first kappa shape index (κ1) is 16.0. The van der Waals surface area contributed by atoms with Gasteiger partial charge in [-0.1, -0.05) is 0 Å². The zero-order chi connectivity index (χ0) is 14.4. The van der Waals surface area contributed by atoms with Crippen LogP contribution < -0.4 is 16.0 Å². The molecule has 1 saturated carbocycles. The van der Waals surface area contributed by atoms with Crippen molar-refractivity contribution in [2.24, 2.45) is 11.7 Å². The molecule has 0 bridgehead atoms. The quantitative estimate of drug-likeness (QED) is 0.734. The predicted molar refractivity (Wildman–Crippen MR) is 93.0 cm³/mol. The molecule has 0 atom stereocenters. The van der Waals surface area contributed by atoms with Crippen LogP contribution in [0.2, 0.25) is 0 Å². The van der Waals surface area contributed by atoms with E-state index < -0.39 is 0 Å². The predicted octanol–water partition coefficient (Wildman–Crippen LogP) is 2.23. The number of aromatic nitrogens is 1. The molecule has 1 aromatic rings. The average Bonchev–Trinajstić information content (AvgIpc) is 2.47. The van der Waals surface area contributed by atoms with Crippen LogP contribution in [-0.2, 0) is 0 Å². The Morgan fingerprint density at radius 3 is 2.70 bits per heavy atom. The van der Waals surface area contributed by atoms with E-state index >= 15 is 0 Å². The third-order valence-electron chi connectivity index (χ3n) is 4.06. The monoisotopic (exact) mass is 388 g/mol. The topological polar surface area (TPSA) is 54.2 Å². The Balaban J connectivity index is 1.76. The lowest BCUT2D eigenvalue weighted by atomic mass is 9.85. The molecular weight excluding hydrogens is 363 g/mol. The van der Waals surface area contributed by atoms with Gasteiger partial charge in [-0.05, 0) is 66.3 Å². The highest BCUT2D eigenvalue weighted by molar-refractivity contribution is 14.1. The Hall–Kier alpha value is -0.400. The molecule has 4 nitrogen and oxygen atoms in total. The molecule has 0 saturated heterocycles. The molecule has 2 rings (SSSR count). The number of rotatable bonds is 6. The lowest BCUT2D eigenvalue weighted by molar-refractivity contribution is 0.296. The van der Waals surface area contributed by atoms with Crippen LogP contribution in [0, 0.1) is 9.49 Å². The van der Waals surface area contributed by atoms with Crippen molar-refractivity contribution in [2.45, 2.75) is 31.7 Å². The number of pyridine rings is 1. The van der Waals surface area contributed by atoms with E-state index in [1.807, 2.05) is 6.20 Å². The Kier molecular flexibility index (Phi) is 6.51. The highest BCUT2D eigenvalue weighted by atomic mass is 127. The SMILES string of the molecule is CN(CC1CCC(NCCN)CC1)c1ccc(I)cn1. The van der Waals surface area contributed by atoms with Crippen LogP contribution in [0.4, 0.5) is 5.82 Å². The van der Waals surface area contributed by atoms with E-state index in [0.717, 1.165) is 31.4 Å². The number of nitrogens with zero attached hydrogens (tertiary/aromatic N) is 2. The van der Waals surface area contributed by atoms with Gasteiger partial charge in [0.05, 0.1) is 0 Å². The summed E-state index contributed by atoms with van der Waals surface area (Å²) >= 11 is 2.29. The summed E-state index contributed by atoms with van der Waals surface area (Å²) in [6, 6.07) is 4.90. The Labute approximate surface area is 135 Å². The van der Waals surface area contributed by atoms with Crippen molar-refractivity contribution in [1.82, 2.24) is 10.3 Å². The first-order valence-corrected chi connectivity index (χ1v) is 8.53. The van der Waals surface area contributed by atoms with Crippen LogP contribution in [0.15, 0.2) is 18.3 Å². The molecule has 0 radical (unpaired) electrons. The minimum atomic E-state index is 0.677. The summed E-state index contributed by atoms with van der Waals surface area (Å²) in [6.07, 6.45) is 7.09. The van der Waals surface area contributed by atoms with Crippen molar-refractivity contribution >= 4 is 28.4 Å². The summed E-state index contributed by atoms with van der Waals surface area (Å²) in [7, 11) is 2.15. The molecule has 0 unspecified atom stereocenters. The summed E-state index contributed by atoms with van der Waals surface area (Å²) in [5.74, 6) is 1.87. The second-order valence-electron chi connectivity index (χ2n) is 5.68. The molecule has 5 heteroatoms. The molecule has 0 spiro atoms. The van der Waals surface area contributed by atoms with E-state index in [1.165, 1.54) is 29.3 Å². The molecule has 1 fully saturated rings. The Morgan fingerprint density at radius 2 is 2.10 bits per heavy atom. The van der Waals surface area contributed by atoms with E-state index in [1.54, 1.807) is 0 Å². The van der Waals surface area contributed by atoms with E-state index in [-0.39, 0.29) is 0 Å². The molecule has 1 aromatic heterocycles. The van der Waals surface area contributed by atoms with Crippen molar-refractivity contribution in [3.8, 4) is 0 Å². The zero-order valence-electron chi connectivity index (χ0n) is 12.2. The highest BCUT2D eigenvalue weighted by Gasteiger charge is 2.21. The minimum Gasteiger partial charge on any atom is -0.359 e. The maximum atomic E-state index is 5.54. The highest BCUT2D eigenvalue weighted by Crippen LogP contribution is 2.26. The van der Waals surface area contributed by atoms with Crippen molar-refractivity contribution in [3.63, 3.8) is 0 Å². The fraction of sp³-hybridized carbons (Fsp3) is 0.667. The third kappa shape index (κ3) is 4.86. The van der Waals surface area contributed by atoms with Gasteiger partial charge in [0.2, 0.25) is 0 Å². The van der Waals surface area contributed by atoms with Gasteiger partial charge in [0.25, 0.3) is 0 Å². The van der Waals surface area contributed by atoms with Gasteiger partial charge in [0.1, 0.15) is 5.82 Å². The van der Waals surface area contributed by atoms with Gasteiger partial charge < -0.3 is 16.0 Å². The fourth-order valence-corrected chi connectivity index (χ4v) is 3.23. The molecule has 1 aliphatic carbocycles. The number of nitrogens with two attached hydrogens (primary N) is 1. The van der Waals surface area contributed by atoms with Crippen LogP contribution in [0.5, 0.6) is 0 Å². The molecule has 112 valence electrons. The van der Waals surface area contributed by atoms with Crippen LogP contribution >= 0.6 is 22.6 Å². The zero-order valence-corrected chi connectivity index (χ0v) is 14.3. The number of anilines is 1. The van der Waals surface area contributed by atoms with Gasteiger partial charge in [-0.15, -0.1) is 0 Å². The molecule has 0 aliphatic heterocycles. The standard InChI is InChI=1S/C15H25IN4/c1-20(15-7-4-13(16)10-19-15)11-12-2-5-14(6-3-12)18-9-8-17/h4,7,10,12,14,18H,2-3,5-6,8-9,11,17H2,1H3. The number of halogens is 1. The second-order valence-corrected chi connectivity index (χ2v) is 6.92. The van der Waals surface area contributed by atoms with Crippen LogP contribution in [-0.4, -0.2) is 37.7 Å². The Bertz CT molecular complexity index is 387. The lowest BCUT2D eigenvalue weighted by Crippen LogP contribution is -2.38. The normalized spacial score (nSPS) is 22.8. The first-order chi connectivity index (χ1) is 9.69. The van der Waals surface area contributed by atoms with Crippen LogP contribution in [0.25, 0.3) is 0 Å². The van der Waals surface area contributed by atoms with Crippen LogP contribution in [0.1, 0.15) is 25.7 Å². The van der Waals surface area contributed by atoms with E-state index in [9.17, 15) is 0 Å². The summed E-state index contributed by atoms with van der Waals surface area (Å²) in [6.45, 7) is 2.79.